The summed E-state index contributed by atoms with van der Waals surface area (Å²) in [5, 5.41) is 2.81. The number of esters is 1. The van der Waals surface area contributed by atoms with Gasteiger partial charge in [-0.15, -0.1) is 0 Å². The summed E-state index contributed by atoms with van der Waals surface area (Å²) in [4.78, 5) is 24.6. The number of hydrogen-bond acceptors (Lipinski definition) is 5. The van der Waals surface area contributed by atoms with Crippen molar-refractivity contribution in [3.63, 3.8) is 0 Å². The molecule has 0 radical (unpaired) electrons. The van der Waals surface area contributed by atoms with Crippen LogP contribution in [0.4, 0.5) is 11.4 Å². The van der Waals surface area contributed by atoms with Crippen molar-refractivity contribution >= 4 is 44.9 Å². The molecule has 2 aromatic rings. The Balaban J connectivity index is 2.41. The second-order valence-corrected chi connectivity index (χ2v) is 8.97. The first kappa shape index (κ1) is 22.7. The molecule has 1 amide bonds. The molecule has 0 saturated carbocycles. The van der Waals surface area contributed by atoms with Crippen LogP contribution in [0.1, 0.15) is 28.4 Å². The summed E-state index contributed by atoms with van der Waals surface area (Å²) in [6.45, 7) is 5.09. The number of rotatable bonds is 6. The number of carbonyl (C=O) groups is 2. The lowest BCUT2D eigenvalue weighted by atomic mass is 10.1. The van der Waals surface area contributed by atoms with E-state index in [2.05, 4.69) is 10.1 Å². The maximum atomic E-state index is 12.9. The van der Waals surface area contributed by atoms with Crippen LogP contribution in [0.2, 0.25) is 5.02 Å². The van der Waals surface area contributed by atoms with E-state index in [1.54, 1.807) is 19.1 Å². The first-order valence-electron chi connectivity index (χ1n) is 8.71. The summed E-state index contributed by atoms with van der Waals surface area (Å²) in [5.41, 5.74) is 2.38. The van der Waals surface area contributed by atoms with Crippen LogP contribution in [-0.2, 0) is 19.6 Å². The van der Waals surface area contributed by atoms with Gasteiger partial charge in [-0.25, -0.2) is 13.2 Å². The Morgan fingerprint density at radius 3 is 2.38 bits per heavy atom. The largest absolute Gasteiger partial charge is 0.465 e. The lowest BCUT2D eigenvalue weighted by Gasteiger charge is -2.30. The number of hydrogen-bond donors (Lipinski definition) is 1. The van der Waals surface area contributed by atoms with Crippen LogP contribution in [0.15, 0.2) is 36.4 Å². The standard InChI is InChI=1S/C20H23ClN2O5S/c1-12-6-7-13(2)18(10-12)23(29(5,26)27)14(3)19(24)22-17-11-15(20(25)28-4)8-9-16(17)21/h6-11,14H,1-5H3,(H,22,24)/t14-/m0/s1. The fourth-order valence-electron chi connectivity index (χ4n) is 2.84. The van der Waals surface area contributed by atoms with Gasteiger partial charge in [0.15, 0.2) is 0 Å². The summed E-state index contributed by atoms with van der Waals surface area (Å²) < 4.78 is 30.7. The lowest BCUT2D eigenvalue weighted by molar-refractivity contribution is -0.116. The molecule has 0 unspecified atom stereocenters. The van der Waals surface area contributed by atoms with Gasteiger partial charge in [-0.05, 0) is 56.2 Å². The fraction of sp³-hybridized carbons (Fsp3) is 0.300. The molecule has 156 valence electrons. The molecule has 0 aliphatic heterocycles. The molecule has 0 aromatic heterocycles. The Labute approximate surface area is 175 Å². The van der Waals surface area contributed by atoms with E-state index in [-0.39, 0.29) is 16.3 Å². The van der Waals surface area contributed by atoms with Crippen LogP contribution in [0.3, 0.4) is 0 Å². The van der Waals surface area contributed by atoms with Gasteiger partial charge in [0.25, 0.3) is 0 Å². The van der Waals surface area contributed by atoms with Crippen molar-refractivity contribution in [1.29, 1.82) is 0 Å². The lowest BCUT2D eigenvalue weighted by Crippen LogP contribution is -2.45. The van der Waals surface area contributed by atoms with E-state index in [4.69, 9.17) is 11.6 Å². The minimum atomic E-state index is -3.76. The van der Waals surface area contributed by atoms with E-state index in [1.165, 1.54) is 32.2 Å². The number of methoxy groups -OCH3 is 1. The molecule has 2 aromatic carbocycles. The maximum absolute atomic E-state index is 12.9. The molecule has 0 fully saturated rings. The molecule has 9 heteroatoms. The SMILES string of the molecule is COC(=O)c1ccc(Cl)c(NC(=O)[C@H](C)N(c2cc(C)ccc2C)S(C)(=O)=O)c1. The molecule has 0 heterocycles. The summed E-state index contributed by atoms with van der Waals surface area (Å²) in [6, 6.07) is 8.60. The van der Waals surface area contributed by atoms with Gasteiger partial charge in [0.1, 0.15) is 6.04 Å². The molecule has 29 heavy (non-hydrogen) atoms. The number of aryl methyl sites for hydroxylation is 2. The summed E-state index contributed by atoms with van der Waals surface area (Å²) in [5.74, 6) is -1.18. The van der Waals surface area contributed by atoms with Crippen molar-refractivity contribution in [3.8, 4) is 0 Å². The molecular formula is C20H23ClN2O5S. The highest BCUT2D eigenvalue weighted by Crippen LogP contribution is 2.28. The van der Waals surface area contributed by atoms with Crippen molar-refractivity contribution in [2.75, 3.05) is 23.0 Å². The van der Waals surface area contributed by atoms with Gasteiger partial charge < -0.3 is 10.1 Å². The summed E-state index contributed by atoms with van der Waals surface area (Å²) in [7, 11) is -2.52. The molecular weight excluding hydrogens is 416 g/mol. The highest BCUT2D eigenvalue weighted by molar-refractivity contribution is 7.92. The molecule has 0 aliphatic rings. The predicted octanol–water partition coefficient (Wildman–Crippen LogP) is 3.54. The number of carbonyl (C=O) groups excluding carboxylic acids is 2. The van der Waals surface area contributed by atoms with Gasteiger partial charge in [0.05, 0.1) is 35.3 Å². The van der Waals surface area contributed by atoms with Crippen molar-refractivity contribution in [3.05, 3.63) is 58.1 Å². The third kappa shape index (κ3) is 5.27. The monoisotopic (exact) mass is 438 g/mol. The number of nitrogens with zero attached hydrogens (tertiary/aromatic N) is 1. The Morgan fingerprint density at radius 2 is 1.79 bits per heavy atom. The Kier molecular flexibility index (Phi) is 6.92. The van der Waals surface area contributed by atoms with Crippen LogP contribution in [0.5, 0.6) is 0 Å². The second kappa shape index (κ2) is 8.84. The van der Waals surface area contributed by atoms with Gasteiger partial charge in [0.2, 0.25) is 15.9 Å². The number of anilines is 2. The second-order valence-electron chi connectivity index (χ2n) is 6.70. The molecule has 0 bridgehead atoms. The minimum absolute atomic E-state index is 0.181. The number of amides is 1. The smallest absolute Gasteiger partial charge is 0.337 e. The first-order valence-corrected chi connectivity index (χ1v) is 10.9. The molecule has 7 nitrogen and oxygen atoms in total. The summed E-state index contributed by atoms with van der Waals surface area (Å²) in [6.07, 6.45) is 1.05. The van der Waals surface area contributed by atoms with Crippen LogP contribution < -0.4 is 9.62 Å². The van der Waals surface area contributed by atoms with Gasteiger partial charge in [-0.1, -0.05) is 23.7 Å². The van der Waals surface area contributed by atoms with Gasteiger partial charge in [-0.3, -0.25) is 9.10 Å². The topological polar surface area (TPSA) is 92.8 Å². The molecule has 2 rings (SSSR count). The van der Waals surface area contributed by atoms with Crippen molar-refractivity contribution < 1.29 is 22.7 Å². The number of halogens is 1. The van der Waals surface area contributed by atoms with E-state index in [9.17, 15) is 18.0 Å². The fourth-order valence-corrected chi connectivity index (χ4v) is 4.23. The normalized spacial score (nSPS) is 12.2. The van der Waals surface area contributed by atoms with Crippen LogP contribution in [0.25, 0.3) is 0 Å². The Hall–Kier alpha value is -2.58. The molecule has 1 N–H and O–H groups in total. The third-order valence-corrected chi connectivity index (χ3v) is 5.89. The van der Waals surface area contributed by atoms with Crippen molar-refractivity contribution in [2.24, 2.45) is 0 Å². The van der Waals surface area contributed by atoms with E-state index in [1.807, 2.05) is 13.0 Å². The molecule has 0 spiro atoms. The minimum Gasteiger partial charge on any atom is -0.465 e. The number of sulfonamides is 1. The van der Waals surface area contributed by atoms with Crippen molar-refractivity contribution in [1.82, 2.24) is 0 Å². The van der Waals surface area contributed by atoms with Crippen LogP contribution >= 0.6 is 11.6 Å². The molecule has 0 aliphatic carbocycles. The zero-order chi connectivity index (χ0) is 21.9. The van der Waals surface area contributed by atoms with Gasteiger partial charge in [-0.2, -0.15) is 0 Å². The van der Waals surface area contributed by atoms with E-state index in [0.717, 1.165) is 16.1 Å². The van der Waals surface area contributed by atoms with E-state index in [0.29, 0.717) is 11.3 Å². The Morgan fingerprint density at radius 1 is 1.14 bits per heavy atom. The van der Waals surface area contributed by atoms with Crippen molar-refractivity contribution in [2.45, 2.75) is 26.8 Å². The number of ether oxygens (including phenoxy) is 1. The highest BCUT2D eigenvalue weighted by Gasteiger charge is 2.30. The third-order valence-electron chi connectivity index (χ3n) is 4.34. The zero-order valence-electron chi connectivity index (χ0n) is 16.8. The molecule has 0 saturated heterocycles. The molecule has 1 atom stereocenters. The van der Waals surface area contributed by atoms with E-state index >= 15 is 0 Å². The van der Waals surface area contributed by atoms with E-state index < -0.39 is 27.9 Å². The van der Waals surface area contributed by atoms with Gasteiger partial charge >= 0.3 is 5.97 Å². The Bertz CT molecular complexity index is 1050. The summed E-state index contributed by atoms with van der Waals surface area (Å²) >= 11 is 6.13. The van der Waals surface area contributed by atoms with Gasteiger partial charge in [0, 0.05) is 0 Å². The number of benzene rings is 2. The van der Waals surface area contributed by atoms with Crippen LogP contribution in [0, 0.1) is 13.8 Å². The maximum Gasteiger partial charge on any atom is 0.337 e. The highest BCUT2D eigenvalue weighted by atomic mass is 35.5. The average Bonchev–Trinajstić information content (AvgIpc) is 2.64. The predicted molar refractivity (Wildman–Crippen MR) is 114 cm³/mol. The first-order chi connectivity index (χ1) is 13.5. The van der Waals surface area contributed by atoms with Crippen LogP contribution in [-0.4, -0.2) is 39.7 Å². The quantitative estimate of drug-likeness (QED) is 0.696. The zero-order valence-corrected chi connectivity index (χ0v) is 18.4. The number of nitrogens with one attached hydrogen (secondary N) is 1. The average molecular weight is 439 g/mol.